The third-order valence-electron chi connectivity index (χ3n) is 5.80. The first-order valence-electron chi connectivity index (χ1n) is 10.6. The minimum Gasteiger partial charge on any atom is -0.464 e. The van der Waals surface area contributed by atoms with Crippen molar-refractivity contribution < 1.29 is 9.21 Å². The van der Waals surface area contributed by atoms with E-state index in [2.05, 4.69) is 24.4 Å². The van der Waals surface area contributed by atoms with Crippen LogP contribution in [0.5, 0.6) is 0 Å². The molecule has 0 aliphatic heterocycles. The maximum atomic E-state index is 13.2. The van der Waals surface area contributed by atoms with Gasteiger partial charge in [-0.25, -0.2) is 4.98 Å². The number of rotatable bonds is 4. The Balaban J connectivity index is 1.63. The molecule has 5 rings (SSSR count). The highest BCUT2D eigenvalue weighted by Gasteiger charge is 2.22. The molecule has 5 nitrogen and oxygen atoms in total. The van der Waals surface area contributed by atoms with Crippen molar-refractivity contribution in [2.45, 2.75) is 20.8 Å². The third kappa shape index (κ3) is 3.90. The fourth-order valence-corrected chi connectivity index (χ4v) is 4.81. The van der Waals surface area contributed by atoms with E-state index in [1.807, 2.05) is 62.4 Å². The first-order valence-corrected chi connectivity index (χ1v) is 11.4. The van der Waals surface area contributed by atoms with Gasteiger partial charge in [0.25, 0.3) is 5.91 Å². The van der Waals surface area contributed by atoms with Gasteiger partial charge in [-0.15, -0.1) is 11.3 Å². The van der Waals surface area contributed by atoms with Crippen LogP contribution in [-0.4, -0.2) is 10.9 Å². The predicted molar refractivity (Wildman–Crippen MR) is 136 cm³/mol. The number of hydrogen-bond donors (Lipinski definition) is 2. The Hall–Kier alpha value is -3.90. The molecule has 0 saturated heterocycles. The number of thiophene rings is 1. The van der Waals surface area contributed by atoms with E-state index in [-0.39, 0.29) is 5.91 Å². The standard InChI is InChI=1S/C27H23N3O2S/c1-15-6-9-18(10-7-15)21-14-20(22-5-4-12-32-22)23-24(28)25(33-27(23)30-21)26(31)29-19-11-8-16(2)17(3)13-19/h4-14H,28H2,1-3H3,(H,29,31). The van der Waals surface area contributed by atoms with E-state index in [4.69, 9.17) is 15.1 Å². The van der Waals surface area contributed by atoms with Crippen molar-refractivity contribution in [3.63, 3.8) is 0 Å². The van der Waals surface area contributed by atoms with Gasteiger partial charge >= 0.3 is 0 Å². The van der Waals surface area contributed by atoms with Gasteiger partial charge in [-0.3, -0.25) is 4.79 Å². The van der Waals surface area contributed by atoms with Crippen LogP contribution in [0.25, 0.3) is 32.8 Å². The number of nitrogen functional groups attached to an aromatic ring is 1. The highest BCUT2D eigenvalue weighted by molar-refractivity contribution is 7.21. The monoisotopic (exact) mass is 453 g/mol. The fraction of sp³-hybridized carbons (Fsp3) is 0.111. The van der Waals surface area contributed by atoms with E-state index < -0.39 is 0 Å². The van der Waals surface area contributed by atoms with Gasteiger partial charge in [-0.05, 0) is 62.2 Å². The van der Waals surface area contributed by atoms with Crippen molar-refractivity contribution in [3.05, 3.63) is 88.5 Å². The summed E-state index contributed by atoms with van der Waals surface area (Å²) in [5, 5.41) is 3.71. The molecule has 1 amide bonds. The lowest BCUT2D eigenvalue weighted by molar-refractivity contribution is 0.103. The summed E-state index contributed by atoms with van der Waals surface area (Å²) in [6.45, 7) is 6.11. The van der Waals surface area contributed by atoms with Crippen LogP contribution in [0.2, 0.25) is 0 Å². The lowest BCUT2D eigenvalue weighted by Gasteiger charge is -2.08. The van der Waals surface area contributed by atoms with E-state index in [9.17, 15) is 4.79 Å². The highest BCUT2D eigenvalue weighted by atomic mass is 32.1. The second-order valence-corrected chi connectivity index (χ2v) is 9.18. The number of aryl methyl sites for hydroxylation is 3. The number of fused-ring (bicyclic) bond motifs is 1. The van der Waals surface area contributed by atoms with Crippen molar-refractivity contribution in [1.29, 1.82) is 0 Å². The van der Waals surface area contributed by atoms with Crippen LogP contribution in [0.3, 0.4) is 0 Å². The molecule has 3 heterocycles. The predicted octanol–water partition coefficient (Wildman–Crippen LogP) is 6.98. The molecule has 0 fully saturated rings. The van der Waals surface area contributed by atoms with Crippen LogP contribution in [0.4, 0.5) is 11.4 Å². The van der Waals surface area contributed by atoms with Crippen LogP contribution < -0.4 is 11.1 Å². The molecule has 5 aromatic rings. The van der Waals surface area contributed by atoms with Crippen LogP contribution in [0.1, 0.15) is 26.4 Å². The molecule has 0 aliphatic carbocycles. The minimum absolute atomic E-state index is 0.249. The molecule has 0 spiro atoms. The third-order valence-corrected chi connectivity index (χ3v) is 6.90. The van der Waals surface area contributed by atoms with E-state index >= 15 is 0 Å². The smallest absolute Gasteiger partial charge is 0.267 e. The van der Waals surface area contributed by atoms with Crippen molar-refractivity contribution in [2.24, 2.45) is 0 Å². The van der Waals surface area contributed by atoms with Gasteiger partial charge in [0.2, 0.25) is 0 Å². The van der Waals surface area contributed by atoms with Crippen molar-refractivity contribution in [3.8, 4) is 22.6 Å². The van der Waals surface area contributed by atoms with Crippen molar-refractivity contribution in [2.75, 3.05) is 11.1 Å². The summed E-state index contributed by atoms with van der Waals surface area (Å²) >= 11 is 1.29. The Kier molecular flexibility index (Phi) is 5.23. The summed E-state index contributed by atoms with van der Waals surface area (Å²) in [5.74, 6) is 0.433. The summed E-state index contributed by atoms with van der Waals surface area (Å²) in [6, 6.07) is 19.7. The van der Waals surface area contributed by atoms with E-state index in [0.29, 0.717) is 21.2 Å². The number of nitrogens with one attached hydrogen (secondary N) is 1. The second kappa shape index (κ2) is 8.22. The number of nitrogens with two attached hydrogens (primary N) is 1. The Morgan fingerprint density at radius 3 is 2.48 bits per heavy atom. The number of carbonyl (C=O) groups excluding carboxylic acids is 1. The number of amides is 1. The summed E-state index contributed by atoms with van der Waals surface area (Å²) < 4.78 is 5.70. The molecule has 3 aromatic heterocycles. The average molecular weight is 454 g/mol. The molecule has 0 unspecified atom stereocenters. The van der Waals surface area contributed by atoms with Crippen molar-refractivity contribution in [1.82, 2.24) is 4.98 Å². The molecular formula is C27H23N3O2S. The van der Waals surface area contributed by atoms with Gasteiger partial charge in [0, 0.05) is 22.2 Å². The summed E-state index contributed by atoms with van der Waals surface area (Å²) in [5.41, 5.74) is 13.7. The molecule has 3 N–H and O–H groups in total. The lowest BCUT2D eigenvalue weighted by atomic mass is 10.0. The number of carbonyl (C=O) groups is 1. The molecule has 33 heavy (non-hydrogen) atoms. The SMILES string of the molecule is Cc1ccc(-c2cc(-c3ccco3)c3c(N)c(C(=O)Nc4ccc(C)c(C)c4)sc3n2)cc1. The molecule has 0 radical (unpaired) electrons. The molecular weight excluding hydrogens is 430 g/mol. The zero-order valence-electron chi connectivity index (χ0n) is 18.6. The maximum absolute atomic E-state index is 13.2. The van der Waals surface area contributed by atoms with E-state index in [1.54, 1.807) is 6.26 Å². The van der Waals surface area contributed by atoms with Crippen molar-refractivity contribution >= 4 is 38.8 Å². The van der Waals surface area contributed by atoms with Crippen LogP contribution >= 0.6 is 11.3 Å². The molecule has 164 valence electrons. The molecule has 0 aliphatic rings. The molecule has 2 aromatic carbocycles. The summed E-state index contributed by atoms with van der Waals surface area (Å²) in [7, 11) is 0. The van der Waals surface area contributed by atoms with E-state index in [1.165, 1.54) is 22.5 Å². The van der Waals surface area contributed by atoms with Gasteiger partial charge in [0.15, 0.2) is 0 Å². The normalized spacial score (nSPS) is 11.1. The number of nitrogens with zero attached hydrogens (tertiary/aromatic N) is 1. The zero-order valence-corrected chi connectivity index (χ0v) is 19.4. The van der Waals surface area contributed by atoms with E-state index in [0.717, 1.165) is 33.5 Å². The first kappa shape index (κ1) is 21.0. The number of furan rings is 1. The summed E-state index contributed by atoms with van der Waals surface area (Å²) in [4.78, 5) is 19.1. The van der Waals surface area contributed by atoms with Gasteiger partial charge in [-0.2, -0.15) is 0 Å². The molecule has 6 heteroatoms. The highest BCUT2D eigenvalue weighted by Crippen LogP contribution is 2.41. The number of hydrogen-bond acceptors (Lipinski definition) is 5. The number of anilines is 2. The van der Waals surface area contributed by atoms with Gasteiger partial charge in [0.1, 0.15) is 15.5 Å². The molecule has 0 bridgehead atoms. The molecule has 0 atom stereocenters. The molecule has 0 saturated carbocycles. The topological polar surface area (TPSA) is 81.1 Å². The minimum atomic E-state index is -0.249. The Morgan fingerprint density at radius 1 is 1.00 bits per heavy atom. The van der Waals surface area contributed by atoms with Gasteiger partial charge < -0.3 is 15.5 Å². The van der Waals surface area contributed by atoms with Crippen LogP contribution in [0, 0.1) is 20.8 Å². The lowest BCUT2D eigenvalue weighted by Crippen LogP contribution is -2.12. The maximum Gasteiger partial charge on any atom is 0.267 e. The Morgan fingerprint density at radius 2 is 1.79 bits per heavy atom. The Labute approximate surface area is 195 Å². The summed E-state index contributed by atoms with van der Waals surface area (Å²) in [6.07, 6.45) is 1.63. The van der Waals surface area contributed by atoms with Gasteiger partial charge in [0.05, 0.1) is 17.6 Å². The quantitative estimate of drug-likeness (QED) is 0.307. The second-order valence-electron chi connectivity index (χ2n) is 8.18. The average Bonchev–Trinajstić information content (AvgIpc) is 3.45. The fourth-order valence-electron chi connectivity index (χ4n) is 3.80. The number of aromatic nitrogens is 1. The largest absolute Gasteiger partial charge is 0.464 e. The number of pyridine rings is 1. The zero-order chi connectivity index (χ0) is 23.1. The number of benzene rings is 2. The first-order chi connectivity index (χ1) is 15.9. The Bertz CT molecular complexity index is 1480. The van der Waals surface area contributed by atoms with Gasteiger partial charge in [-0.1, -0.05) is 35.9 Å². The van der Waals surface area contributed by atoms with Crippen LogP contribution in [0.15, 0.2) is 71.3 Å². The van der Waals surface area contributed by atoms with Crippen LogP contribution in [-0.2, 0) is 0 Å².